The number of benzene rings is 1. The lowest BCUT2D eigenvalue weighted by molar-refractivity contribution is -0.376. The highest BCUT2D eigenvalue weighted by atomic mass is 32.2. The summed E-state index contributed by atoms with van der Waals surface area (Å²) in [4.78, 5) is 0. The van der Waals surface area contributed by atoms with Crippen molar-refractivity contribution in [2.45, 2.75) is 83.9 Å². The molecule has 1 rings (SSSR count). The quantitative estimate of drug-likeness (QED) is 0.181. The third-order valence-electron chi connectivity index (χ3n) is 4.34. The molecule has 0 aliphatic heterocycles. The second kappa shape index (κ2) is 15.2. The standard InChI is InChI=1S/C22H39NO3S/c1-5-9-10-11-12-16-19-21(27-23-20-17-14-13-15-18-20)22(24-6-2,25-7-3)26-8-4/h13-15,17-18,21,23H,5-12,16,19H2,1-4H3. The van der Waals surface area contributed by atoms with Gasteiger partial charge in [-0.25, -0.2) is 0 Å². The van der Waals surface area contributed by atoms with Gasteiger partial charge >= 0.3 is 0 Å². The molecule has 0 aliphatic carbocycles. The summed E-state index contributed by atoms with van der Waals surface area (Å²) >= 11 is 1.64. The van der Waals surface area contributed by atoms with Gasteiger partial charge in [0.25, 0.3) is 5.97 Å². The van der Waals surface area contributed by atoms with Crippen LogP contribution >= 0.6 is 11.9 Å². The van der Waals surface area contributed by atoms with Crippen LogP contribution in [0.25, 0.3) is 0 Å². The molecular weight excluding hydrogens is 358 g/mol. The first-order valence-corrected chi connectivity index (χ1v) is 11.5. The normalized spacial score (nSPS) is 12.9. The van der Waals surface area contributed by atoms with Gasteiger partial charge in [0, 0.05) is 25.5 Å². The van der Waals surface area contributed by atoms with Crippen LogP contribution in [0.2, 0.25) is 0 Å². The molecule has 0 heterocycles. The van der Waals surface area contributed by atoms with Crippen molar-refractivity contribution in [3.8, 4) is 0 Å². The second-order valence-electron chi connectivity index (χ2n) is 6.53. The van der Waals surface area contributed by atoms with Crippen molar-refractivity contribution in [3.63, 3.8) is 0 Å². The molecule has 0 aromatic heterocycles. The topological polar surface area (TPSA) is 39.7 Å². The first-order chi connectivity index (χ1) is 13.2. The highest BCUT2D eigenvalue weighted by molar-refractivity contribution is 8.01. The molecule has 1 N–H and O–H groups in total. The van der Waals surface area contributed by atoms with E-state index in [4.69, 9.17) is 14.2 Å². The Labute approximate surface area is 170 Å². The van der Waals surface area contributed by atoms with Crippen molar-refractivity contribution < 1.29 is 14.2 Å². The monoisotopic (exact) mass is 397 g/mol. The van der Waals surface area contributed by atoms with Gasteiger partial charge in [-0.3, -0.25) is 0 Å². The number of anilines is 1. The summed E-state index contributed by atoms with van der Waals surface area (Å²) in [7, 11) is 0. The minimum absolute atomic E-state index is 0.0451. The maximum atomic E-state index is 6.05. The van der Waals surface area contributed by atoms with Crippen LogP contribution in [0.15, 0.2) is 30.3 Å². The van der Waals surface area contributed by atoms with E-state index in [9.17, 15) is 0 Å². The van der Waals surface area contributed by atoms with E-state index in [1.165, 1.54) is 32.1 Å². The van der Waals surface area contributed by atoms with E-state index in [1.54, 1.807) is 11.9 Å². The van der Waals surface area contributed by atoms with Crippen molar-refractivity contribution in [1.82, 2.24) is 0 Å². The Kier molecular flexibility index (Phi) is 13.7. The van der Waals surface area contributed by atoms with E-state index in [-0.39, 0.29) is 5.25 Å². The third kappa shape index (κ3) is 9.33. The van der Waals surface area contributed by atoms with Gasteiger partial charge in [0.05, 0.1) is 0 Å². The van der Waals surface area contributed by atoms with E-state index >= 15 is 0 Å². The van der Waals surface area contributed by atoms with Crippen molar-refractivity contribution in [3.05, 3.63) is 30.3 Å². The van der Waals surface area contributed by atoms with E-state index in [0.717, 1.165) is 18.5 Å². The van der Waals surface area contributed by atoms with Crippen LogP contribution in [0.1, 0.15) is 72.6 Å². The average Bonchev–Trinajstić information content (AvgIpc) is 2.68. The van der Waals surface area contributed by atoms with Crippen LogP contribution in [-0.2, 0) is 14.2 Å². The second-order valence-corrected chi connectivity index (χ2v) is 7.54. The fraction of sp³-hybridized carbons (Fsp3) is 0.727. The zero-order valence-corrected chi connectivity index (χ0v) is 18.5. The Morgan fingerprint density at radius 3 is 1.93 bits per heavy atom. The Morgan fingerprint density at radius 1 is 0.815 bits per heavy atom. The number of hydrogen-bond acceptors (Lipinski definition) is 5. The Morgan fingerprint density at radius 2 is 1.37 bits per heavy atom. The summed E-state index contributed by atoms with van der Waals surface area (Å²) in [5.41, 5.74) is 1.08. The van der Waals surface area contributed by atoms with Gasteiger partial charge in [-0.05, 0) is 51.3 Å². The molecule has 0 aliphatic rings. The SMILES string of the molecule is CCCCCCCCC(SNc1ccccc1)C(OCC)(OCC)OCC. The van der Waals surface area contributed by atoms with E-state index in [0.29, 0.717) is 19.8 Å². The number of hydrogen-bond donors (Lipinski definition) is 1. The molecule has 0 spiro atoms. The van der Waals surface area contributed by atoms with Gasteiger partial charge in [-0.15, -0.1) is 0 Å². The van der Waals surface area contributed by atoms with E-state index in [2.05, 4.69) is 23.8 Å². The molecule has 0 radical (unpaired) electrons. The number of ether oxygens (including phenoxy) is 3. The predicted molar refractivity (Wildman–Crippen MR) is 117 cm³/mol. The highest BCUT2D eigenvalue weighted by Crippen LogP contribution is 2.34. The van der Waals surface area contributed by atoms with Gasteiger partial charge < -0.3 is 18.9 Å². The third-order valence-corrected chi connectivity index (χ3v) is 5.51. The lowest BCUT2D eigenvalue weighted by Gasteiger charge is -2.38. The van der Waals surface area contributed by atoms with E-state index in [1.807, 2.05) is 39.0 Å². The highest BCUT2D eigenvalue weighted by Gasteiger charge is 2.42. The van der Waals surface area contributed by atoms with Crippen molar-refractivity contribution in [2.24, 2.45) is 0 Å². The molecule has 0 amide bonds. The lowest BCUT2D eigenvalue weighted by Crippen LogP contribution is -2.49. The van der Waals surface area contributed by atoms with Gasteiger partial charge in [0.2, 0.25) is 0 Å². The largest absolute Gasteiger partial charge is 0.329 e. The van der Waals surface area contributed by atoms with Gasteiger partial charge in [0.15, 0.2) is 0 Å². The number of unbranched alkanes of at least 4 members (excludes halogenated alkanes) is 5. The molecular formula is C22H39NO3S. The molecule has 1 aromatic carbocycles. The molecule has 5 heteroatoms. The summed E-state index contributed by atoms with van der Waals surface area (Å²) in [5.74, 6) is -1.01. The number of rotatable bonds is 17. The molecule has 0 bridgehead atoms. The maximum Gasteiger partial charge on any atom is 0.297 e. The lowest BCUT2D eigenvalue weighted by atomic mass is 10.1. The zero-order chi connectivity index (χ0) is 19.8. The Bertz CT molecular complexity index is 441. The molecule has 0 fully saturated rings. The van der Waals surface area contributed by atoms with E-state index < -0.39 is 5.97 Å². The minimum atomic E-state index is -1.01. The van der Waals surface area contributed by atoms with Gasteiger partial charge in [-0.2, -0.15) is 0 Å². The number of para-hydroxylation sites is 1. The fourth-order valence-corrected chi connectivity index (χ4v) is 4.12. The van der Waals surface area contributed by atoms with Crippen molar-refractivity contribution in [2.75, 3.05) is 24.5 Å². The average molecular weight is 398 g/mol. The summed E-state index contributed by atoms with van der Waals surface area (Å²) in [6.45, 7) is 9.89. The minimum Gasteiger partial charge on any atom is -0.329 e. The summed E-state index contributed by atoms with van der Waals surface area (Å²) in [6.07, 6.45) is 8.59. The smallest absolute Gasteiger partial charge is 0.297 e. The van der Waals surface area contributed by atoms with Gasteiger partial charge in [0.1, 0.15) is 5.25 Å². The van der Waals surface area contributed by atoms with Crippen LogP contribution in [0.3, 0.4) is 0 Å². The zero-order valence-electron chi connectivity index (χ0n) is 17.7. The molecule has 1 atom stereocenters. The Hall–Kier alpha value is -0.750. The summed E-state index contributed by atoms with van der Waals surface area (Å²) in [6, 6.07) is 10.2. The fourth-order valence-electron chi connectivity index (χ4n) is 3.07. The first-order valence-electron chi connectivity index (χ1n) is 10.6. The number of nitrogens with one attached hydrogen (secondary N) is 1. The summed E-state index contributed by atoms with van der Waals surface area (Å²) in [5, 5.41) is 0.0451. The molecule has 4 nitrogen and oxygen atoms in total. The molecule has 1 aromatic rings. The molecule has 0 saturated heterocycles. The Balaban J connectivity index is 2.77. The van der Waals surface area contributed by atoms with Crippen LogP contribution in [0.4, 0.5) is 5.69 Å². The first kappa shape index (κ1) is 24.3. The van der Waals surface area contributed by atoms with Crippen molar-refractivity contribution >= 4 is 17.6 Å². The molecule has 0 saturated carbocycles. The van der Waals surface area contributed by atoms with Gasteiger partial charge in [-0.1, -0.05) is 63.6 Å². The molecule has 27 heavy (non-hydrogen) atoms. The van der Waals surface area contributed by atoms with Crippen LogP contribution in [-0.4, -0.2) is 31.0 Å². The molecule has 156 valence electrons. The van der Waals surface area contributed by atoms with Crippen LogP contribution < -0.4 is 4.72 Å². The maximum absolute atomic E-state index is 6.05. The van der Waals surface area contributed by atoms with Crippen molar-refractivity contribution in [1.29, 1.82) is 0 Å². The van der Waals surface area contributed by atoms with Crippen LogP contribution in [0, 0.1) is 0 Å². The van der Waals surface area contributed by atoms with Crippen LogP contribution in [0.5, 0.6) is 0 Å². The molecule has 1 unspecified atom stereocenters. The predicted octanol–water partition coefficient (Wildman–Crippen LogP) is 6.63. The summed E-state index contributed by atoms with van der Waals surface area (Å²) < 4.78 is 21.6.